The molecule has 0 radical (unpaired) electrons. The standard InChI is InChI=1S/C15H10Br2ClNS/c16-7-11-5-10(9-19)1-3-14(11)20-15-4-2-13(18)6-12(15)8-17/h1-6H,7-8H2. The number of halogens is 3. The summed E-state index contributed by atoms with van der Waals surface area (Å²) in [4.78, 5) is 2.31. The fraction of sp³-hybridized carbons (Fsp3) is 0.133. The predicted molar refractivity (Wildman–Crippen MR) is 92.0 cm³/mol. The third-order valence-corrected chi connectivity index (χ3v) is 5.40. The molecule has 2 aromatic rings. The molecule has 0 atom stereocenters. The molecule has 2 rings (SSSR count). The van der Waals surface area contributed by atoms with Crippen molar-refractivity contribution in [1.82, 2.24) is 0 Å². The highest BCUT2D eigenvalue weighted by Crippen LogP contribution is 2.36. The van der Waals surface area contributed by atoms with Crippen molar-refractivity contribution in [3.05, 3.63) is 58.1 Å². The predicted octanol–water partition coefficient (Wildman–Crippen LogP) is 6.15. The van der Waals surface area contributed by atoms with Crippen LogP contribution in [0.2, 0.25) is 5.02 Å². The Bertz CT molecular complexity index is 667. The summed E-state index contributed by atoms with van der Waals surface area (Å²) < 4.78 is 0. The molecule has 0 saturated carbocycles. The Labute approximate surface area is 144 Å². The largest absolute Gasteiger partial charge is 0.192 e. The maximum Gasteiger partial charge on any atom is 0.0991 e. The molecule has 2 aromatic carbocycles. The number of alkyl halides is 2. The first kappa shape index (κ1) is 15.9. The molecule has 0 N–H and O–H groups in total. The van der Waals surface area contributed by atoms with Crippen LogP contribution >= 0.6 is 55.2 Å². The average molecular weight is 432 g/mol. The summed E-state index contributed by atoms with van der Waals surface area (Å²) in [5.41, 5.74) is 2.96. The first-order valence-corrected chi connectivity index (χ1v) is 9.23. The lowest BCUT2D eigenvalue weighted by molar-refractivity contribution is 1.24. The van der Waals surface area contributed by atoms with Crippen LogP contribution in [-0.4, -0.2) is 0 Å². The summed E-state index contributed by atoms with van der Waals surface area (Å²) in [6.07, 6.45) is 0. The molecule has 102 valence electrons. The van der Waals surface area contributed by atoms with Crippen LogP contribution in [0.25, 0.3) is 0 Å². The number of hydrogen-bond donors (Lipinski definition) is 0. The van der Waals surface area contributed by atoms with E-state index in [2.05, 4.69) is 37.9 Å². The molecule has 20 heavy (non-hydrogen) atoms. The second-order valence-corrected chi connectivity index (χ2v) is 6.70. The van der Waals surface area contributed by atoms with Crippen LogP contribution in [0.5, 0.6) is 0 Å². The van der Waals surface area contributed by atoms with Crippen LogP contribution in [0.3, 0.4) is 0 Å². The Morgan fingerprint density at radius 3 is 2.20 bits per heavy atom. The van der Waals surface area contributed by atoms with E-state index in [4.69, 9.17) is 16.9 Å². The zero-order valence-corrected chi connectivity index (χ0v) is 15.1. The third-order valence-electron chi connectivity index (χ3n) is 2.72. The Balaban J connectivity index is 2.37. The molecule has 0 unspecified atom stereocenters. The molecule has 0 spiro atoms. The van der Waals surface area contributed by atoms with Gasteiger partial charge >= 0.3 is 0 Å². The van der Waals surface area contributed by atoms with E-state index in [1.165, 1.54) is 0 Å². The van der Waals surface area contributed by atoms with Gasteiger partial charge in [-0.1, -0.05) is 55.2 Å². The van der Waals surface area contributed by atoms with E-state index in [1.807, 2.05) is 36.4 Å². The highest BCUT2D eigenvalue weighted by atomic mass is 79.9. The van der Waals surface area contributed by atoms with E-state index in [9.17, 15) is 0 Å². The van der Waals surface area contributed by atoms with Crippen molar-refractivity contribution in [2.45, 2.75) is 20.5 Å². The van der Waals surface area contributed by atoms with E-state index >= 15 is 0 Å². The molecule has 0 fully saturated rings. The Morgan fingerprint density at radius 1 is 1.00 bits per heavy atom. The van der Waals surface area contributed by atoms with Gasteiger partial charge in [-0.3, -0.25) is 0 Å². The molecule has 0 aliphatic carbocycles. The minimum absolute atomic E-state index is 0.681. The molecule has 0 aromatic heterocycles. The van der Waals surface area contributed by atoms with E-state index < -0.39 is 0 Å². The van der Waals surface area contributed by atoms with Crippen LogP contribution in [0, 0.1) is 11.3 Å². The quantitative estimate of drug-likeness (QED) is 0.542. The van der Waals surface area contributed by atoms with Crippen LogP contribution in [0.15, 0.2) is 46.2 Å². The van der Waals surface area contributed by atoms with Crippen molar-refractivity contribution in [2.75, 3.05) is 0 Å². The van der Waals surface area contributed by atoms with E-state index in [0.717, 1.165) is 36.6 Å². The molecule has 0 saturated heterocycles. The summed E-state index contributed by atoms with van der Waals surface area (Å²) in [6.45, 7) is 0. The van der Waals surface area contributed by atoms with Gasteiger partial charge in [0.25, 0.3) is 0 Å². The van der Waals surface area contributed by atoms with E-state index in [0.29, 0.717) is 5.56 Å². The average Bonchev–Trinajstić information content (AvgIpc) is 2.49. The maximum absolute atomic E-state index is 8.96. The van der Waals surface area contributed by atoms with Gasteiger partial charge in [0.15, 0.2) is 0 Å². The molecule has 5 heteroatoms. The van der Waals surface area contributed by atoms with Gasteiger partial charge in [-0.2, -0.15) is 5.26 Å². The summed E-state index contributed by atoms with van der Waals surface area (Å²) in [6, 6.07) is 13.8. The molecule has 1 nitrogen and oxygen atoms in total. The van der Waals surface area contributed by atoms with Crippen molar-refractivity contribution in [3.63, 3.8) is 0 Å². The third kappa shape index (κ3) is 3.79. The number of rotatable bonds is 4. The zero-order valence-electron chi connectivity index (χ0n) is 10.4. The monoisotopic (exact) mass is 429 g/mol. The smallest absolute Gasteiger partial charge is 0.0991 e. The first-order valence-electron chi connectivity index (χ1n) is 5.79. The zero-order chi connectivity index (χ0) is 14.5. The highest BCUT2D eigenvalue weighted by molar-refractivity contribution is 9.08. The molecule has 0 aliphatic heterocycles. The minimum atomic E-state index is 0.681. The molecular weight excluding hydrogens is 422 g/mol. The van der Waals surface area contributed by atoms with Gasteiger partial charge in [0.05, 0.1) is 11.6 Å². The summed E-state index contributed by atoms with van der Waals surface area (Å²) in [5.74, 6) is 0. The number of benzene rings is 2. The van der Waals surface area contributed by atoms with Gasteiger partial charge in [-0.05, 0) is 47.5 Å². The Kier molecular flexibility index (Phi) is 5.98. The fourth-order valence-electron chi connectivity index (χ4n) is 1.72. The lowest BCUT2D eigenvalue weighted by Gasteiger charge is -2.10. The van der Waals surface area contributed by atoms with E-state index in [1.54, 1.807) is 11.8 Å². The van der Waals surface area contributed by atoms with Crippen molar-refractivity contribution in [1.29, 1.82) is 5.26 Å². The Morgan fingerprint density at radius 2 is 1.60 bits per heavy atom. The second kappa shape index (κ2) is 7.51. The summed E-state index contributed by atoms with van der Waals surface area (Å²) in [7, 11) is 0. The lowest BCUT2D eigenvalue weighted by atomic mass is 10.1. The first-order chi connectivity index (χ1) is 9.67. The molecular formula is C15H10Br2ClNS. The Hall–Kier alpha value is -0.470. The fourth-order valence-corrected chi connectivity index (χ4v) is 4.25. The summed E-state index contributed by atoms with van der Waals surface area (Å²) in [5, 5.41) is 11.2. The molecule has 0 aliphatic rings. The van der Waals surface area contributed by atoms with Crippen molar-refractivity contribution >= 4 is 55.2 Å². The van der Waals surface area contributed by atoms with E-state index in [-0.39, 0.29) is 0 Å². The normalized spacial score (nSPS) is 10.3. The minimum Gasteiger partial charge on any atom is -0.192 e. The number of hydrogen-bond acceptors (Lipinski definition) is 2. The highest BCUT2D eigenvalue weighted by Gasteiger charge is 2.09. The van der Waals surface area contributed by atoms with Gasteiger partial charge in [0.2, 0.25) is 0 Å². The van der Waals surface area contributed by atoms with Gasteiger partial charge in [0, 0.05) is 25.5 Å². The molecule has 0 bridgehead atoms. The second-order valence-electron chi connectivity index (χ2n) is 4.06. The van der Waals surface area contributed by atoms with Crippen molar-refractivity contribution < 1.29 is 0 Å². The SMILES string of the molecule is N#Cc1ccc(Sc2ccc(Cl)cc2CBr)c(CBr)c1. The van der Waals surface area contributed by atoms with Gasteiger partial charge in [-0.25, -0.2) is 0 Å². The maximum atomic E-state index is 8.96. The van der Waals surface area contributed by atoms with Crippen LogP contribution in [0.4, 0.5) is 0 Å². The van der Waals surface area contributed by atoms with Gasteiger partial charge < -0.3 is 0 Å². The molecule has 0 amide bonds. The summed E-state index contributed by atoms with van der Waals surface area (Å²) >= 11 is 14.7. The van der Waals surface area contributed by atoms with Crippen molar-refractivity contribution in [2.24, 2.45) is 0 Å². The van der Waals surface area contributed by atoms with Gasteiger partial charge in [0.1, 0.15) is 0 Å². The van der Waals surface area contributed by atoms with Gasteiger partial charge in [-0.15, -0.1) is 0 Å². The number of nitriles is 1. The topological polar surface area (TPSA) is 23.8 Å². The van der Waals surface area contributed by atoms with Crippen LogP contribution in [0.1, 0.15) is 16.7 Å². The molecule has 0 heterocycles. The van der Waals surface area contributed by atoms with Crippen molar-refractivity contribution in [3.8, 4) is 6.07 Å². The lowest BCUT2D eigenvalue weighted by Crippen LogP contribution is -1.88. The van der Waals surface area contributed by atoms with Crippen LogP contribution in [-0.2, 0) is 10.7 Å². The van der Waals surface area contributed by atoms with Crippen LogP contribution < -0.4 is 0 Å². The number of nitrogens with zero attached hydrogens (tertiary/aromatic N) is 1.